The number of ether oxygens (including phenoxy) is 1. The van der Waals surface area contributed by atoms with Gasteiger partial charge in [-0.3, -0.25) is 0 Å². The van der Waals surface area contributed by atoms with E-state index in [0.717, 1.165) is 67.2 Å². The summed E-state index contributed by atoms with van der Waals surface area (Å²) in [5.41, 5.74) is 13.5. The van der Waals surface area contributed by atoms with E-state index in [9.17, 15) is 0 Å². The summed E-state index contributed by atoms with van der Waals surface area (Å²) in [6, 6.07) is 57.0. The molecule has 0 unspecified atom stereocenters. The molecule has 70 heavy (non-hydrogen) atoms. The van der Waals surface area contributed by atoms with Crippen LogP contribution in [0.4, 0.5) is 17.1 Å². The van der Waals surface area contributed by atoms with Crippen LogP contribution in [0.1, 0.15) is 90.1 Å². The van der Waals surface area contributed by atoms with Gasteiger partial charge in [-0.2, -0.15) is 12.1 Å². The van der Waals surface area contributed by atoms with E-state index in [1.807, 2.05) is 24.4 Å². The summed E-state index contributed by atoms with van der Waals surface area (Å²) in [5.74, 6) is 7.73. The molecule has 0 saturated carbocycles. The van der Waals surface area contributed by atoms with Crippen molar-refractivity contribution in [1.29, 1.82) is 0 Å². The van der Waals surface area contributed by atoms with E-state index in [2.05, 4.69) is 252 Å². The summed E-state index contributed by atoms with van der Waals surface area (Å²) >= 11 is 0. The Balaban J connectivity index is 0.00000567. The molecule has 0 bridgehead atoms. The number of aromatic nitrogens is 2. The summed E-state index contributed by atoms with van der Waals surface area (Å²) in [4.78, 5) is 11.9. The molecule has 6 nitrogen and oxygen atoms in total. The molecule has 352 valence electrons. The molecule has 3 aliphatic heterocycles. The Morgan fingerprint density at radius 1 is 0.571 bits per heavy atom. The van der Waals surface area contributed by atoms with Gasteiger partial charge in [0.15, 0.2) is 0 Å². The number of para-hydroxylation sites is 3. The predicted molar refractivity (Wildman–Crippen MR) is 288 cm³/mol. The molecule has 5 heterocycles. The first-order chi connectivity index (χ1) is 33.1. The molecule has 0 N–H and O–H groups in total. The topological polar surface area (TPSA) is 36.8 Å². The third kappa shape index (κ3) is 8.64. The van der Waals surface area contributed by atoms with Gasteiger partial charge in [-0.25, -0.2) is 4.98 Å². The van der Waals surface area contributed by atoms with Crippen LogP contribution in [-0.2, 0) is 37.3 Å². The largest absolute Gasteiger partial charge is 0.509 e. The Morgan fingerprint density at radius 3 is 1.90 bits per heavy atom. The second kappa shape index (κ2) is 17.9. The standard InChI is InChI=1S/C62H57BN5O.Pt/c1-60(2,3)45-25-21-42(22-26-45)44-31-34-63-35-32-51(43-23-27-46(28-24-43)61(4,5)6)59(67(63)40-44)66-41-65(55-19-12-13-20-56(55)66)48-15-14-16-49(38-48)69-50-29-30-53-52-17-10-11-18-54(52)68(57(53)39-50)58-37-47(33-36-64-58)62(7,8)9;/h10-37,40-41H,1-9H3;/q-3;. The van der Waals surface area contributed by atoms with Crippen molar-refractivity contribution in [2.75, 3.05) is 9.80 Å². The van der Waals surface area contributed by atoms with Gasteiger partial charge in [0, 0.05) is 67.4 Å². The number of benzene rings is 6. The van der Waals surface area contributed by atoms with Crippen LogP contribution in [0.2, 0.25) is 0 Å². The Labute approximate surface area is 428 Å². The van der Waals surface area contributed by atoms with Crippen molar-refractivity contribution in [3.05, 3.63) is 228 Å². The normalized spacial score (nSPS) is 14.8. The van der Waals surface area contributed by atoms with Crippen LogP contribution in [0.5, 0.6) is 11.5 Å². The SMILES string of the molecule is CC(C)(C)c1ccc(C2=CN3B(C=C2)C=CC(c2ccc(C(C)(C)C)cc2)=C3N2[CH-]N(c3[c-]c(Oc4[c-]c5c(cc4)c4ccccc4n5-c4cc(C(C)(C)C)ccn4)ccc3)c3ccccc32)cc1.[Pt]. The molecule has 3 aliphatic rings. The number of allylic oxidation sites excluding steroid dienone is 4. The molecule has 11 rings (SSSR count). The van der Waals surface area contributed by atoms with E-state index in [1.54, 1.807) is 0 Å². The number of anilines is 3. The van der Waals surface area contributed by atoms with Crippen molar-refractivity contribution in [1.82, 2.24) is 14.4 Å². The van der Waals surface area contributed by atoms with Gasteiger partial charge in [-0.05, 0) is 85.4 Å². The number of rotatable bonds is 7. The molecule has 0 spiro atoms. The van der Waals surface area contributed by atoms with Gasteiger partial charge < -0.3 is 23.9 Å². The first kappa shape index (κ1) is 46.9. The predicted octanol–water partition coefficient (Wildman–Crippen LogP) is 15.5. The van der Waals surface area contributed by atoms with Gasteiger partial charge in [-0.15, -0.1) is 48.1 Å². The van der Waals surface area contributed by atoms with E-state index in [1.165, 1.54) is 22.3 Å². The summed E-state index contributed by atoms with van der Waals surface area (Å²) in [7, 11) is 0. The van der Waals surface area contributed by atoms with Crippen LogP contribution < -0.4 is 14.5 Å². The van der Waals surface area contributed by atoms with Crippen molar-refractivity contribution in [3.63, 3.8) is 0 Å². The Kier molecular flexibility index (Phi) is 12.0. The number of hydrogen-bond donors (Lipinski definition) is 0. The fourth-order valence-corrected chi connectivity index (χ4v) is 9.71. The molecule has 8 heteroatoms. The zero-order valence-corrected chi connectivity index (χ0v) is 43.6. The quantitative estimate of drug-likeness (QED) is 0.117. The molecule has 0 atom stereocenters. The molecular formula is C62H57BN5OPt-3. The molecule has 2 aromatic heterocycles. The minimum Gasteiger partial charge on any atom is -0.509 e. The number of hydrogen-bond acceptors (Lipinski definition) is 5. The van der Waals surface area contributed by atoms with Crippen LogP contribution in [-0.4, -0.2) is 21.2 Å². The van der Waals surface area contributed by atoms with Gasteiger partial charge in [0.1, 0.15) is 5.82 Å². The van der Waals surface area contributed by atoms with Crippen molar-refractivity contribution >= 4 is 56.9 Å². The molecular weight excluding hydrogens is 1040 g/mol. The molecule has 6 aromatic carbocycles. The van der Waals surface area contributed by atoms with E-state index in [4.69, 9.17) is 9.72 Å². The second-order valence-electron chi connectivity index (χ2n) is 21.5. The van der Waals surface area contributed by atoms with Crippen molar-refractivity contribution in [2.45, 2.75) is 78.6 Å². The average Bonchev–Trinajstić information content (AvgIpc) is 3.89. The molecule has 0 amide bonds. The minimum atomic E-state index is -0.0298. The summed E-state index contributed by atoms with van der Waals surface area (Å²) in [6.45, 7) is 22.5. The fraction of sp³-hybridized carbons (Fsp3) is 0.194. The zero-order valence-electron chi connectivity index (χ0n) is 41.4. The van der Waals surface area contributed by atoms with Gasteiger partial charge in [0.05, 0.1) is 5.82 Å². The third-order valence-electron chi connectivity index (χ3n) is 13.7. The average molecular weight is 1090 g/mol. The summed E-state index contributed by atoms with van der Waals surface area (Å²) in [5, 5.41) is 2.23. The molecule has 8 aromatic rings. The maximum Gasteiger partial charge on any atom is 0.314 e. The smallest absolute Gasteiger partial charge is 0.314 e. The maximum absolute atomic E-state index is 6.70. The number of fused-ring (bicyclic) bond motifs is 5. The number of pyridine rings is 1. The van der Waals surface area contributed by atoms with Gasteiger partial charge >= 0.3 is 6.85 Å². The Morgan fingerprint density at radius 2 is 1.20 bits per heavy atom. The number of nitrogens with zero attached hydrogens (tertiary/aromatic N) is 5. The first-order valence-electron chi connectivity index (χ1n) is 24.1. The van der Waals surface area contributed by atoms with Gasteiger partial charge in [0.2, 0.25) is 0 Å². The van der Waals surface area contributed by atoms with E-state index < -0.39 is 0 Å². The van der Waals surface area contributed by atoms with E-state index in [0.29, 0.717) is 11.5 Å². The van der Waals surface area contributed by atoms with Crippen LogP contribution in [0.25, 0.3) is 38.8 Å². The van der Waals surface area contributed by atoms with E-state index in [-0.39, 0.29) is 44.2 Å². The second-order valence-corrected chi connectivity index (χ2v) is 21.5. The minimum absolute atomic E-state index is 0. The third-order valence-corrected chi connectivity index (χ3v) is 13.7. The Hall–Kier alpha value is -6.82. The zero-order chi connectivity index (χ0) is 47.8. The summed E-state index contributed by atoms with van der Waals surface area (Å²) < 4.78 is 8.90. The monoisotopic (exact) mass is 1090 g/mol. The van der Waals surface area contributed by atoms with Crippen molar-refractivity contribution in [2.24, 2.45) is 0 Å². The van der Waals surface area contributed by atoms with Crippen molar-refractivity contribution in [3.8, 4) is 17.3 Å². The van der Waals surface area contributed by atoms with Crippen LogP contribution >= 0.6 is 0 Å². The first-order valence-corrected chi connectivity index (χ1v) is 24.1. The van der Waals surface area contributed by atoms with E-state index >= 15 is 0 Å². The fourth-order valence-electron chi connectivity index (χ4n) is 9.71. The van der Waals surface area contributed by atoms with Crippen LogP contribution in [0, 0.1) is 18.8 Å². The summed E-state index contributed by atoms with van der Waals surface area (Å²) in [6.07, 6.45) is 8.79. The molecule has 0 radical (unpaired) electrons. The van der Waals surface area contributed by atoms with Gasteiger partial charge in [0.25, 0.3) is 0 Å². The molecule has 0 aliphatic carbocycles. The van der Waals surface area contributed by atoms with Crippen molar-refractivity contribution < 1.29 is 25.8 Å². The van der Waals surface area contributed by atoms with Crippen LogP contribution in [0.15, 0.2) is 182 Å². The maximum atomic E-state index is 6.70. The molecule has 0 fully saturated rings. The van der Waals surface area contributed by atoms with Gasteiger partial charge in [-0.1, -0.05) is 171 Å². The van der Waals surface area contributed by atoms with Crippen LogP contribution in [0.3, 0.4) is 0 Å². The molecule has 0 saturated heterocycles. The Bertz CT molecular complexity index is 3420.